The van der Waals surface area contributed by atoms with Crippen LogP contribution in [-0.4, -0.2) is 16.8 Å². The van der Waals surface area contributed by atoms with E-state index in [1.165, 1.54) is 17.8 Å². The summed E-state index contributed by atoms with van der Waals surface area (Å²) in [6, 6.07) is 18.2. The lowest BCUT2D eigenvalue weighted by molar-refractivity contribution is -0.137. The fourth-order valence-electron chi connectivity index (χ4n) is 2.79. The summed E-state index contributed by atoms with van der Waals surface area (Å²) in [5.41, 5.74) is 1.37. The molecule has 0 saturated heterocycles. The molecule has 0 aromatic heterocycles. The van der Waals surface area contributed by atoms with E-state index in [2.05, 4.69) is 16.0 Å². The van der Waals surface area contributed by atoms with Crippen LogP contribution in [-0.2, 0) is 11.0 Å². The van der Waals surface area contributed by atoms with Gasteiger partial charge in [0.2, 0.25) is 5.91 Å². The maximum absolute atomic E-state index is 13.2. The molecular weight excluding hydrogens is 491 g/mol. The van der Waals surface area contributed by atoms with Crippen LogP contribution in [0.25, 0.3) is 0 Å². The molecule has 0 radical (unpaired) electrons. The summed E-state index contributed by atoms with van der Waals surface area (Å²) in [5.74, 6) is -0.641. The molecule has 3 rings (SSSR count). The molecule has 0 aliphatic carbocycles. The molecular formula is C23H19ClF3N3OS2. The fourth-order valence-corrected chi connectivity index (χ4v) is 3.95. The zero-order valence-corrected chi connectivity index (χ0v) is 19.7. The van der Waals surface area contributed by atoms with Crippen molar-refractivity contribution in [2.24, 2.45) is 0 Å². The standard InChI is InChI=1S/C23H19ClF3N3OS2/c1-14-5-8-16(9-6-14)28-22(32)29-17-3-2-4-18(12-17)33-13-21(31)30-20-10-7-15(24)11-19(20)23(25,26)27/h2-12H,13H2,1H3,(H,30,31)(H2,28,29,32). The van der Waals surface area contributed by atoms with E-state index in [0.29, 0.717) is 10.8 Å². The van der Waals surface area contributed by atoms with Crippen molar-refractivity contribution in [2.75, 3.05) is 21.7 Å². The Bertz CT molecular complexity index is 1150. The second-order valence-electron chi connectivity index (χ2n) is 7.00. The number of carbonyl (C=O) groups excluding carboxylic acids is 1. The van der Waals surface area contributed by atoms with Crippen LogP contribution < -0.4 is 16.0 Å². The number of amides is 1. The Morgan fingerprint density at radius 2 is 1.67 bits per heavy atom. The Kier molecular flexibility index (Phi) is 8.23. The summed E-state index contributed by atoms with van der Waals surface area (Å²) in [6.07, 6.45) is -4.63. The van der Waals surface area contributed by atoms with Gasteiger partial charge in [0.15, 0.2) is 5.11 Å². The fraction of sp³-hybridized carbons (Fsp3) is 0.130. The Hall–Kier alpha value is -2.75. The van der Waals surface area contributed by atoms with Gasteiger partial charge in [-0.15, -0.1) is 11.8 Å². The van der Waals surface area contributed by atoms with Crippen LogP contribution in [0.1, 0.15) is 11.1 Å². The van der Waals surface area contributed by atoms with Crippen molar-refractivity contribution in [2.45, 2.75) is 18.0 Å². The predicted octanol–water partition coefficient (Wildman–Crippen LogP) is 7.21. The first-order valence-corrected chi connectivity index (χ1v) is 11.4. The van der Waals surface area contributed by atoms with Gasteiger partial charge in [0.05, 0.1) is 17.0 Å². The lowest BCUT2D eigenvalue weighted by Gasteiger charge is -2.14. The van der Waals surface area contributed by atoms with Gasteiger partial charge in [0, 0.05) is 21.3 Å². The first-order chi connectivity index (χ1) is 15.6. The molecule has 0 atom stereocenters. The molecule has 0 heterocycles. The monoisotopic (exact) mass is 509 g/mol. The van der Waals surface area contributed by atoms with E-state index in [4.69, 9.17) is 23.8 Å². The number of aryl methyl sites for hydroxylation is 1. The van der Waals surface area contributed by atoms with Gasteiger partial charge in [-0.1, -0.05) is 35.4 Å². The van der Waals surface area contributed by atoms with Crippen molar-refractivity contribution in [3.63, 3.8) is 0 Å². The summed E-state index contributed by atoms with van der Waals surface area (Å²) in [4.78, 5) is 13.0. The normalized spacial score (nSPS) is 11.1. The molecule has 1 amide bonds. The van der Waals surface area contributed by atoms with Crippen LogP contribution in [0.15, 0.2) is 71.6 Å². The van der Waals surface area contributed by atoms with Crippen molar-refractivity contribution in [3.8, 4) is 0 Å². The van der Waals surface area contributed by atoms with Crippen LogP contribution >= 0.6 is 35.6 Å². The van der Waals surface area contributed by atoms with E-state index in [1.54, 1.807) is 18.2 Å². The Morgan fingerprint density at radius 1 is 0.970 bits per heavy atom. The molecule has 0 aliphatic heterocycles. The average molecular weight is 510 g/mol. The third kappa shape index (κ3) is 7.66. The second kappa shape index (κ2) is 10.9. The number of benzene rings is 3. The number of alkyl halides is 3. The number of carbonyl (C=O) groups is 1. The molecule has 0 unspecified atom stereocenters. The van der Waals surface area contributed by atoms with E-state index in [0.717, 1.165) is 28.3 Å². The lowest BCUT2D eigenvalue weighted by atomic mass is 10.1. The molecule has 3 aromatic rings. The SMILES string of the molecule is Cc1ccc(NC(=S)Nc2cccc(SCC(=O)Nc3ccc(Cl)cc3C(F)(F)F)c2)cc1. The van der Waals surface area contributed by atoms with Crippen molar-refractivity contribution < 1.29 is 18.0 Å². The molecule has 0 bridgehead atoms. The second-order valence-corrected chi connectivity index (χ2v) is 8.89. The van der Waals surface area contributed by atoms with Crippen molar-refractivity contribution >= 4 is 63.7 Å². The first-order valence-electron chi connectivity index (χ1n) is 9.64. The molecule has 3 N–H and O–H groups in total. The molecule has 0 spiro atoms. The highest BCUT2D eigenvalue weighted by molar-refractivity contribution is 8.00. The maximum Gasteiger partial charge on any atom is 0.418 e. The summed E-state index contributed by atoms with van der Waals surface area (Å²) >= 11 is 12.2. The molecule has 172 valence electrons. The minimum absolute atomic E-state index is 0.0613. The number of thiocarbonyl (C=S) groups is 1. The number of rotatable bonds is 6. The van der Waals surface area contributed by atoms with Crippen LogP contribution in [0.5, 0.6) is 0 Å². The smallest absolute Gasteiger partial charge is 0.332 e. The summed E-state index contributed by atoms with van der Waals surface area (Å²) in [6.45, 7) is 1.99. The molecule has 0 fully saturated rings. The van der Waals surface area contributed by atoms with Crippen LogP contribution in [0.3, 0.4) is 0 Å². The van der Waals surface area contributed by atoms with Crippen molar-refractivity contribution in [3.05, 3.63) is 82.9 Å². The highest BCUT2D eigenvalue weighted by Gasteiger charge is 2.34. The number of hydrogen-bond acceptors (Lipinski definition) is 3. The lowest BCUT2D eigenvalue weighted by Crippen LogP contribution is -2.19. The van der Waals surface area contributed by atoms with Crippen LogP contribution in [0.4, 0.5) is 30.2 Å². The molecule has 0 aliphatic rings. The topological polar surface area (TPSA) is 53.2 Å². The minimum Gasteiger partial charge on any atom is -0.332 e. The summed E-state index contributed by atoms with van der Waals surface area (Å²) < 4.78 is 39.6. The third-order valence-electron chi connectivity index (χ3n) is 4.33. The number of hydrogen-bond donors (Lipinski definition) is 3. The van der Waals surface area contributed by atoms with E-state index in [1.807, 2.05) is 37.3 Å². The summed E-state index contributed by atoms with van der Waals surface area (Å²) in [5, 5.41) is 8.81. The van der Waals surface area contributed by atoms with E-state index < -0.39 is 17.6 Å². The van der Waals surface area contributed by atoms with E-state index in [9.17, 15) is 18.0 Å². The zero-order chi connectivity index (χ0) is 24.0. The average Bonchev–Trinajstić information content (AvgIpc) is 2.75. The van der Waals surface area contributed by atoms with Gasteiger partial charge in [-0.25, -0.2) is 0 Å². The predicted molar refractivity (Wildman–Crippen MR) is 133 cm³/mol. The number of anilines is 3. The molecule has 33 heavy (non-hydrogen) atoms. The minimum atomic E-state index is -4.63. The molecule has 0 saturated carbocycles. The van der Waals surface area contributed by atoms with Gasteiger partial charge in [0.25, 0.3) is 0 Å². The summed E-state index contributed by atoms with van der Waals surface area (Å²) in [7, 11) is 0. The van der Waals surface area contributed by atoms with Gasteiger partial charge in [0.1, 0.15) is 0 Å². The van der Waals surface area contributed by atoms with Crippen LogP contribution in [0, 0.1) is 6.92 Å². The van der Waals surface area contributed by atoms with Gasteiger partial charge >= 0.3 is 6.18 Å². The van der Waals surface area contributed by atoms with Crippen molar-refractivity contribution in [1.82, 2.24) is 0 Å². The van der Waals surface area contributed by atoms with E-state index >= 15 is 0 Å². The highest BCUT2D eigenvalue weighted by Crippen LogP contribution is 2.36. The van der Waals surface area contributed by atoms with Gasteiger partial charge < -0.3 is 16.0 Å². The van der Waals surface area contributed by atoms with Gasteiger partial charge in [-0.2, -0.15) is 13.2 Å². The molecule has 3 aromatic carbocycles. The number of halogens is 4. The zero-order valence-electron chi connectivity index (χ0n) is 17.3. The number of nitrogens with one attached hydrogen (secondary N) is 3. The molecule has 4 nitrogen and oxygen atoms in total. The quantitative estimate of drug-likeness (QED) is 0.242. The third-order valence-corrected chi connectivity index (χ3v) is 5.77. The Labute approximate surface area is 203 Å². The van der Waals surface area contributed by atoms with E-state index in [-0.39, 0.29) is 16.5 Å². The van der Waals surface area contributed by atoms with Gasteiger partial charge in [-0.05, 0) is 67.7 Å². The first kappa shape index (κ1) is 24.9. The maximum atomic E-state index is 13.2. The largest absolute Gasteiger partial charge is 0.418 e. The Balaban J connectivity index is 1.57. The molecule has 10 heteroatoms. The van der Waals surface area contributed by atoms with Gasteiger partial charge in [-0.3, -0.25) is 4.79 Å². The van der Waals surface area contributed by atoms with Crippen LogP contribution in [0.2, 0.25) is 5.02 Å². The number of thioether (sulfide) groups is 1. The van der Waals surface area contributed by atoms with Crippen molar-refractivity contribution in [1.29, 1.82) is 0 Å². The Morgan fingerprint density at radius 3 is 2.36 bits per heavy atom. The highest BCUT2D eigenvalue weighted by atomic mass is 35.5.